The molecule has 0 radical (unpaired) electrons. The minimum atomic E-state index is -0.121. The third-order valence-electron chi connectivity index (χ3n) is 4.57. The smallest absolute Gasteiger partial charge is 0.228 e. The summed E-state index contributed by atoms with van der Waals surface area (Å²) in [6.45, 7) is 10.5. The van der Waals surface area contributed by atoms with Crippen molar-refractivity contribution in [3.05, 3.63) is 0 Å². The average molecular weight is 282 g/mol. The Labute approximate surface area is 125 Å². The van der Waals surface area contributed by atoms with E-state index in [-0.39, 0.29) is 5.41 Å². The normalized spacial score (nSPS) is 17.9. The van der Waals surface area contributed by atoms with Crippen LogP contribution in [0, 0.1) is 5.41 Å². The molecule has 0 saturated carbocycles. The fourth-order valence-electron chi connectivity index (χ4n) is 2.99. The van der Waals surface area contributed by atoms with E-state index in [9.17, 15) is 4.79 Å². The van der Waals surface area contributed by atoms with Crippen molar-refractivity contribution < 1.29 is 4.79 Å². The van der Waals surface area contributed by atoms with Gasteiger partial charge in [-0.15, -0.1) is 0 Å². The van der Waals surface area contributed by atoms with E-state index in [2.05, 4.69) is 31.0 Å². The highest BCUT2D eigenvalue weighted by Gasteiger charge is 2.37. The van der Waals surface area contributed by atoms with Gasteiger partial charge in [-0.1, -0.05) is 46.5 Å². The number of amides is 1. The molecule has 0 aromatic carbocycles. The lowest BCUT2D eigenvalue weighted by Gasteiger charge is -2.37. The molecule has 0 aliphatic carbocycles. The summed E-state index contributed by atoms with van der Waals surface area (Å²) in [5.74, 6) is 0.409. The summed E-state index contributed by atoms with van der Waals surface area (Å²) in [5.41, 5.74) is -0.121. The van der Waals surface area contributed by atoms with Crippen LogP contribution in [0.5, 0.6) is 0 Å². The Hall–Kier alpha value is -0.570. The van der Waals surface area contributed by atoms with Crippen LogP contribution in [-0.2, 0) is 4.79 Å². The van der Waals surface area contributed by atoms with E-state index in [1.165, 1.54) is 25.7 Å². The lowest BCUT2D eigenvalue weighted by molar-refractivity contribution is -0.143. The fraction of sp³-hybridized carbons (Fsp3) is 0.941. The third-order valence-corrected chi connectivity index (χ3v) is 4.57. The Bertz CT molecular complexity index is 262. The Morgan fingerprint density at radius 2 is 1.50 bits per heavy atom. The van der Waals surface area contributed by atoms with Gasteiger partial charge in [0.25, 0.3) is 0 Å². The van der Waals surface area contributed by atoms with E-state index in [0.717, 1.165) is 51.9 Å². The first-order valence-electron chi connectivity index (χ1n) is 8.64. The first kappa shape index (κ1) is 17.5. The summed E-state index contributed by atoms with van der Waals surface area (Å²) in [7, 11) is 0. The van der Waals surface area contributed by atoms with E-state index in [4.69, 9.17) is 0 Å². The van der Waals surface area contributed by atoms with Gasteiger partial charge in [0.05, 0.1) is 0 Å². The second-order valence-electron chi connectivity index (χ2n) is 6.52. The van der Waals surface area contributed by atoms with Crippen LogP contribution in [0.25, 0.3) is 0 Å². The molecule has 1 aliphatic rings. The van der Waals surface area contributed by atoms with E-state index >= 15 is 0 Å². The van der Waals surface area contributed by atoms with Gasteiger partial charge in [-0.2, -0.15) is 0 Å². The maximum absolute atomic E-state index is 12.9. The summed E-state index contributed by atoms with van der Waals surface area (Å²) in [4.78, 5) is 15.1. The molecule has 1 amide bonds. The molecule has 3 heteroatoms. The van der Waals surface area contributed by atoms with Crippen molar-refractivity contribution in [3.8, 4) is 0 Å². The lowest BCUT2D eigenvalue weighted by Crippen LogP contribution is -2.48. The van der Waals surface area contributed by atoms with Crippen molar-refractivity contribution in [1.82, 2.24) is 10.2 Å². The summed E-state index contributed by atoms with van der Waals surface area (Å²) in [6, 6.07) is 0. The molecule has 1 heterocycles. The summed E-state index contributed by atoms with van der Waals surface area (Å²) < 4.78 is 0. The summed E-state index contributed by atoms with van der Waals surface area (Å²) in [5, 5.41) is 3.37. The van der Waals surface area contributed by atoms with Gasteiger partial charge in [-0.25, -0.2) is 0 Å². The van der Waals surface area contributed by atoms with Crippen molar-refractivity contribution in [2.24, 2.45) is 5.41 Å². The second kappa shape index (κ2) is 9.38. The third kappa shape index (κ3) is 5.43. The molecule has 0 aromatic heterocycles. The molecule has 1 N–H and O–H groups in total. The molecular weight excluding hydrogens is 248 g/mol. The number of carbonyl (C=O) groups excluding carboxylic acids is 1. The highest BCUT2D eigenvalue weighted by Crippen LogP contribution is 2.30. The number of hydrogen-bond acceptors (Lipinski definition) is 2. The zero-order valence-corrected chi connectivity index (χ0v) is 13.8. The molecule has 0 atom stereocenters. The fourth-order valence-corrected chi connectivity index (χ4v) is 2.99. The van der Waals surface area contributed by atoms with Gasteiger partial charge in [0, 0.05) is 18.5 Å². The predicted molar refractivity (Wildman–Crippen MR) is 85.8 cm³/mol. The van der Waals surface area contributed by atoms with Gasteiger partial charge < -0.3 is 10.2 Å². The van der Waals surface area contributed by atoms with Gasteiger partial charge in [-0.3, -0.25) is 4.79 Å². The maximum atomic E-state index is 12.9. The monoisotopic (exact) mass is 282 g/mol. The lowest BCUT2D eigenvalue weighted by atomic mass is 9.79. The Morgan fingerprint density at radius 1 is 1.00 bits per heavy atom. The van der Waals surface area contributed by atoms with Crippen molar-refractivity contribution >= 4 is 5.91 Å². The van der Waals surface area contributed by atoms with Gasteiger partial charge in [0.15, 0.2) is 0 Å². The first-order valence-corrected chi connectivity index (χ1v) is 8.64. The Morgan fingerprint density at radius 3 is 1.95 bits per heavy atom. The van der Waals surface area contributed by atoms with Crippen LogP contribution >= 0.6 is 0 Å². The number of piperidine rings is 1. The SMILES string of the molecule is CCCCCN(CCCCC)C(=O)C1(C)CCNCC1. The van der Waals surface area contributed by atoms with Crippen LogP contribution in [-0.4, -0.2) is 37.0 Å². The topological polar surface area (TPSA) is 32.3 Å². The molecule has 0 aromatic rings. The zero-order chi connectivity index (χ0) is 14.8. The van der Waals surface area contributed by atoms with Crippen molar-refractivity contribution in [1.29, 1.82) is 0 Å². The van der Waals surface area contributed by atoms with Crippen LogP contribution in [0.1, 0.15) is 72.1 Å². The predicted octanol–water partition coefficient (Wildman–Crippen LogP) is 3.59. The van der Waals surface area contributed by atoms with Gasteiger partial charge >= 0.3 is 0 Å². The first-order chi connectivity index (χ1) is 9.64. The minimum Gasteiger partial charge on any atom is -0.342 e. The van der Waals surface area contributed by atoms with Gasteiger partial charge in [0.1, 0.15) is 0 Å². The number of carbonyl (C=O) groups is 1. The van der Waals surface area contributed by atoms with Crippen molar-refractivity contribution in [3.63, 3.8) is 0 Å². The van der Waals surface area contributed by atoms with Crippen LogP contribution in [0.3, 0.4) is 0 Å². The zero-order valence-electron chi connectivity index (χ0n) is 13.8. The van der Waals surface area contributed by atoms with E-state index < -0.39 is 0 Å². The molecule has 1 aliphatic heterocycles. The van der Waals surface area contributed by atoms with Crippen LogP contribution < -0.4 is 5.32 Å². The quantitative estimate of drug-likeness (QED) is 0.656. The van der Waals surface area contributed by atoms with Crippen molar-refractivity contribution in [2.75, 3.05) is 26.2 Å². The Balaban J connectivity index is 2.56. The number of nitrogens with one attached hydrogen (secondary N) is 1. The van der Waals surface area contributed by atoms with E-state index in [0.29, 0.717) is 5.91 Å². The molecule has 1 fully saturated rings. The standard InChI is InChI=1S/C17H34N2O/c1-4-6-8-14-19(15-9-7-5-2)16(20)17(3)10-12-18-13-11-17/h18H,4-15H2,1-3H3. The second-order valence-corrected chi connectivity index (χ2v) is 6.52. The number of nitrogens with zero attached hydrogens (tertiary/aromatic N) is 1. The maximum Gasteiger partial charge on any atom is 0.228 e. The molecule has 1 rings (SSSR count). The molecule has 20 heavy (non-hydrogen) atoms. The summed E-state index contributed by atoms with van der Waals surface area (Å²) >= 11 is 0. The molecule has 118 valence electrons. The van der Waals surface area contributed by atoms with Crippen LogP contribution in [0.2, 0.25) is 0 Å². The molecule has 1 saturated heterocycles. The molecule has 0 unspecified atom stereocenters. The highest BCUT2D eigenvalue weighted by atomic mass is 16.2. The molecule has 0 spiro atoms. The number of unbranched alkanes of at least 4 members (excludes halogenated alkanes) is 4. The summed E-state index contributed by atoms with van der Waals surface area (Å²) in [6.07, 6.45) is 9.20. The van der Waals surface area contributed by atoms with Crippen LogP contribution in [0.4, 0.5) is 0 Å². The Kier molecular flexibility index (Phi) is 8.20. The number of rotatable bonds is 9. The number of hydrogen-bond donors (Lipinski definition) is 1. The van der Waals surface area contributed by atoms with Crippen molar-refractivity contribution in [2.45, 2.75) is 72.1 Å². The van der Waals surface area contributed by atoms with Crippen LogP contribution in [0.15, 0.2) is 0 Å². The largest absolute Gasteiger partial charge is 0.342 e. The highest BCUT2D eigenvalue weighted by molar-refractivity contribution is 5.82. The van der Waals surface area contributed by atoms with E-state index in [1.54, 1.807) is 0 Å². The van der Waals surface area contributed by atoms with Gasteiger partial charge in [0.2, 0.25) is 5.91 Å². The molecule has 0 bridgehead atoms. The average Bonchev–Trinajstić information content (AvgIpc) is 2.46. The van der Waals surface area contributed by atoms with E-state index in [1.807, 2.05) is 0 Å². The molecule has 3 nitrogen and oxygen atoms in total. The molecular formula is C17H34N2O. The minimum absolute atomic E-state index is 0.121. The van der Waals surface area contributed by atoms with Gasteiger partial charge in [-0.05, 0) is 38.8 Å².